The van der Waals surface area contributed by atoms with Gasteiger partial charge in [0.1, 0.15) is 0 Å². The van der Waals surface area contributed by atoms with Crippen molar-refractivity contribution in [2.45, 2.75) is 0 Å². The van der Waals surface area contributed by atoms with Gasteiger partial charge in [0.2, 0.25) is 5.75 Å². The maximum atomic E-state index is 10.7. The minimum atomic E-state index is -4.47. The maximum Gasteiger partial charge on any atom is 0.465 e. The van der Waals surface area contributed by atoms with Gasteiger partial charge < -0.3 is 4.18 Å². The Hall–Kier alpha value is -1.38. The summed E-state index contributed by atoms with van der Waals surface area (Å²) in [7, 11) is -4.47. The topological polar surface area (TPSA) is 95.7 Å². The van der Waals surface area contributed by atoms with Gasteiger partial charge in [-0.25, -0.2) is 0 Å². The Morgan fingerprint density at radius 3 is 2.47 bits per heavy atom. The number of hydrogen-bond donors (Lipinski definition) is 0. The molecular formula is C6H4ClNO6S. The Bertz CT molecular complexity index is 472. The van der Waals surface area contributed by atoms with E-state index in [1.165, 1.54) is 12.1 Å². The molecule has 0 N–H and O–H groups in total. The molecule has 7 nitrogen and oxygen atoms in total. The van der Waals surface area contributed by atoms with Gasteiger partial charge >= 0.3 is 16.1 Å². The fraction of sp³-hybridized carbons (Fsp3) is 0. The van der Waals surface area contributed by atoms with Gasteiger partial charge in [0.25, 0.3) is 0 Å². The number of hydrogen-bond acceptors (Lipinski definition) is 6. The summed E-state index contributed by atoms with van der Waals surface area (Å²) in [4.78, 5) is 9.66. The normalized spacial score (nSPS) is 11.0. The van der Waals surface area contributed by atoms with Crippen LogP contribution in [0.5, 0.6) is 5.75 Å². The van der Waals surface area contributed by atoms with Crippen LogP contribution in [0, 0.1) is 10.1 Å². The van der Waals surface area contributed by atoms with Crippen LogP contribution >= 0.6 is 11.9 Å². The van der Waals surface area contributed by atoms with Gasteiger partial charge in [-0.2, -0.15) is 8.42 Å². The molecule has 0 saturated carbocycles. The van der Waals surface area contributed by atoms with Gasteiger partial charge in [0.15, 0.2) is 0 Å². The number of rotatable bonds is 4. The molecule has 1 aromatic rings. The molecule has 0 saturated heterocycles. The first-order chi connectivity index (χ1) is 6.96. The molecule has 0 atom stereocenters. The molecule has 0 amide bonds. The summed E-state index contributed by atoms with van der Waals surface area (Å²) in [5.41, 5.74) is -0.505. The second-order valence-electron chi connectivity index (χ2n) is 2.28. The molecule has 0 spiro atoms. The highest BCUT2D eigenvalue weighted by atomic mass is 35.5. The SMILES string of the molecule is O=[N+]([O-])c1ccccc1OS(=O)(=O)OCl. The van der Waals surface area contributed by atoms with E-state index in [4.69, 9.17) is 0 Å². The van der Waals surface area contributed by atoms with E-state index < -0.39 is 26.8 Å². The van der Waals surface area contributed by atoms with Crippen LogP contribution in [0.1, 0.15) is 0 Å². The molecule has 1 rings (SSSR count). The first kappa shape index (κ1) is 11.7. The summed E-state index contributed by atoms with van der Waals surface area (Å²) in [6.07, 6.45) is 0. The highest BCUT2D eigenvalue weighted by Gasteiger charge is 2.21. The van der Waals surface area contributed by atoms with Crippen molar-refractivity contribution in [3.8, 4) is 5.75 Å². The first-order valence-corrected chi connectivity index (χ1v) is 5.08. The van der Waals surface area contributed by atoms with Gasteiger partial charge in [0.05, 0.1) is 16.8 Å². The number of benzene rings is 1. The molecule has 0 bridgehead atoms. The summed E-state index contributed by atoms with van der Waals surface area (Å²) in [5, 5.41) is 10.5. The predicted molar refractivity (Wildman–Crippen MR) is 49.6 cm³/mol. The fourth-order valence-electron chi connectivity index (χ4n) is 0.801. The van der Waals surface area contributed by atoms with E-state index in [1.54, 1.807) is 0 Å². The number of nitro benzene ring substituents is 1. The molecule has 9 heteroatoms. The zero-order valence-electron chi connectivity index (χ0n) is 6.99. The van der Waals surface area contributed by atoms with Crippen LogP contribution in [0.3, 0.4) is 0 Å². The highest BCUT2D eigenvalue weighted by Crippen LogP contribution is 2.27. The third-order valence-corrected chi connectivity index (χ3v) is 2.33. The predicted octanol–water partition coefficient (Wildman–Crippen LogP) is 1.39. The number of nitro groups is 1. The fourth-order valence-corrected chi connectivity index (χ4v) is 1.26. The van der Waals surface area contributed by atoms with Crippen LogP contribution in [0.4, 0.5) is 5.69 Å². The summed E-state index contributed by atoms with van der Waals surface area (Å²) < 4.78 is 29.2. The van der Waals surface area contributed by atoms with E-state index in [0.717, 1.165) is 12.1 Å². The van der Waals surface area contributed by atoms with Gasteiger partial charge in [-0.3, -0.25) is 10.1 Å². The Labute approximate surface area is 89.8 Å². The third kappa shape index (κ3) is 3.05. The number of halogens is 1. The second kappa shape index (κ2) is 4.43. The largest absolute Gasteiger partial charge is 0.465 e. The van der Waals surface area contributed by atoms with Gasteiger partial charge in [-0.05, 0) is 6.07 Å². The first-order valence-electron chi connectivity index (χ1n) is 3.44. The average Bonchev–Trinajstić information content (AvgIpc) is 2.18. The monoisotopic (exact) mass is 253 g/mol. The molecule has 15 heavy (non-hydrogen) atoms. The van der Waals surface area contributed by atoms with E-state index in [1.807, 2.05) is 0 Å². The van der Waals surface area contributed by atoms with Gasteiger partial charge in [-0.1, -0.05) is 12.1 Å². The van der Waals surface area contributed by atoms with Crippen LogP contribution in [0.2, 0.25) is 0 Å². The number of nitrogens with zero attached hydrogens (tertiary/aromatic N) is 1. The van der Waals surface area contributed by atoms with Crippen molar-refractivity contribution in [3.63, 3.8) is 0 Å². The van der Waals surface area contributed by atoms with Crippen LogP contribution in [-0.2, 0) is 14.1 Å². The molecule has 0 unspecified atom stereocenters. The Morgan fingerprint density at radius 2 is 1.93 bits per heavy atom. The Morgan fingerprint density at radius 1 is 1.33 bits per heavy atom. The van der Waals surface area contributed by atoms with Crippen molar-refractivity contribution < 1.29 is 21.3 Å². The zero-order valence-corrected chi connectivity index (χ0v) is 8.56. The quantitative estimate of drug-likeness (QED) is 0.594. The summed E-state index contributed by atoms with van der Waals surface area (Å²) in [6, 6.07) is 4.91. The third-order valence-electron chi connectivity index (χ3n) is 1.33. The zero-order chi connectivity index (χ0) is 11.5. The minimum absolute atomic E-state index is 0.469. The van der Waals surface area contributed by atoms with Crippen LogP contribution in [0.25, 0.3) is 0 Å². The van der Waals surface area contributed by atoms with E-state index >= 15 is 0 Å². The van der Waals surface area contributed by atoms with Crippen molar-refractivity contribution in [2.75, 3.05) is 0 Å². The van der Waals surface area contributed by atoms with Gasteiger partial charge in [0, 0.05) is 6.07 Å². The molecule has 0 radical (unpaired) electrons. The minimum Gasteiger partial charge on any atom is -0.353 e. The highest BCUT2D eigenvalue weighted by molar-refractivity contribution is 7.83. The smallest absolute Gasteiger partial charge is 0.353 e. The molecule has 1 aromatic carbocycles. The second-order valence-corrected chi connectivity index (χ2v) is 3.77. The standard InChI is InChI=1S/C6H4ClNO6S/c7-14-15(11,12)13-6-4-2-1-3-5(6)8(9)10/h1-4H. The van der Waals surface area contributed by atoms with Crippen LogP contribution in [-0.4, -0.2) is 13.3 Å². The molecular weight excluding hydrogens is 250 g/mol. The van der Waals surface area contributed by atoms with Crippen molar-refractivity contribution >= 4 is 28.0 Å². The maximum absolute atomic E-state index is 10.7. The van der Waals surface area contributed by atoms with Crippen molar-refractivity contribution in [3.05, 3.63) is 34.4 Å². The van der Waals surface area contributed by atoms with E-state index in [9.17, 15) is 18.5 Å². The lowest BCUT2D eigenvalue weighted by Crippen LogP contribution is -2.09. The van der Waals surface area contributed by atoms with E-state index in [2.05, 4.69) is 19.8 Å². The summed E-state index contributed by atoms with van der Waals surface area (Å²) in [5.74, 6) is -0.469. The van der Waals surface area contributed by atoms with Crippen LogP contribution < -0.4 is 4.18 Å². The molecule has 0 aromatic heterocycles. The molecule has 0 aliphatic carbocycles. The van der Waals surface area contributed by atoms with Crippen molar-refractivity contribution in [1.29, 1.82) is 0 Å². The lowest BCUT2D eigenvalue weighted by atomic mass is 10.3. The van der Waals surface area contributed by atoms with Crippen LogP contribution in [0.15, 0.2) is 24.3 Å². The van der Waals surface area contributed by atoms with Gasteiger partial charge in [-0.15, -0.1) is 3.74 Å². The lowest BCUT2D eigenvalue weighted by Gasteiger charge is -2.02. The number of para-hydroxylation sites is 2. The Balaban J connectivity index is 3.10. The summed E-state index contributed by atoms with van der Waals surface area (Å²) >= 11 is 4.59. The average molecular weight is 254 g/mol. The van der Waals surface area contributed by atoms with Crippen molar-refractivity contribution in [2.24, 2.45) is 0 Å². The lowest BCUT2D eigenvalue weighted by molar-refractivity contribution is -0.385. The van der Waals surface area contributed by atoms with E-state index in [-0.39, 0.29) is 0 Å². The molecule has 0 aliphatic rings. The Kier molecular flexibility index (Phi) is 3.45. The molecule has 0 fully saturated rings. The molecule has 82 valence electrons. The summed E-state index contributed by atoms with van der Waals surface area (Å²) in [6.45, 7) is 0. The molecule has 0 aliphatic heterocycles. The van der Waals surface area contributed by atoms with E-state index in [0.29, 0.717) is 0 Å². The van der Waals surface area contributed by atoms with Crippen molar-refractivity contribution in [1.82, 2.24) is 0 Å². The molecule has 0 heterocycles.